The summed E-state index contributed by atoms with van der Waals surface area (Å²) >= 11 is 0. The summed E-state index contributed by atoms with van der Waals surface area (Å²) in [5, 5.41) is 43.2. The highest BCUT2D eigenvalue weighted by Gasteiger charge is 2.57. The van der Waals surface area contributed by atoms with E-state index in [1.165, 1.54) is 17.9 Å². The van der Waals surface area contributed by atoms with Crippen LogP contribution in [0.3, 0.4) is 0 Å². The van der Waals surface area contributed by atoms with E-state index >= 15 is 0 Å². The molecule has 222 valence electrons. The summed E-state index contributed by atoms with van der Waals surface area (Å²) in [5.41, 5.74) is -0.0882. The highest BCUT2D eigenvalue weighted by Crippen LogP contribution is 2.45. The first-order valence-electron chi connectivity index (χ1n) is 13.4. The number of hydrogen-bond acceptors (Lipinski definition) is 8. The number of aliphatic hydroxyl groups excluding tert-OH is 3. The Kier molecular flexibility index (Phi) is 10.6. The summed E-state index contributed by atoms with van der Waals surface area (Å²) in [4.78, 5) is 39.7. The first kappa shape index (κ1) is 32.9. The van der Waals surface area contributed by atoms with Crippen LogP contribution in [0.1, 0.15) is 60.8 Å². The third kappa shape index (κ3) is 6.54. The Labute approximate surface area is 234 Å². The standard InChI is InChI=1S/C21H34O5.C8H10N4O2/c1-12(2)7-9-15-19(24)18(16(22)11-14(5)6)20(25)21(15,26)17(23)10-8-13(3)4;1-10-4-9-6-5(10)7(13)12(3)8(14)11(6)2/h7-8,14-15,17,19,23-26H,9-11H2,1-6H3;4H,1-3H3. The molecule has 0 amide bonds. The summed E-state index contributed by atoms with van der Waals surface area (Å²) in [6.07, 6.45) is 2.98. The third-order valence-electron chi connectivity index (χ3n) is 7.12. The van der Waals surface area contributed by atoms with Gasteiger partial charge in [0.25, 0.3) is 5.56 Å². The normalized spacial score (nSPS) is 21.3. The fourth-order valence-electron chi connectivity index (χ4n) is 4.83. The van der Waals surface area contributed by atoms with Gasteiger partial charge in [0.05, 0.1) is 24.1 Å². The van der Waals surface area contributed by atoms with E-state index in [0.717, 1.165) is 15.7 Å². The first-order chi connectivity index (χ1) is 18.5. The Morgan fingerprint density at radius 1 is 1.07 bits per heavy atom. The van der Waals surface area contributed by atoms with Gasteiger partial charge in [-0.3, -0.25) is 18.7 Å². The molecular formula is C29H44N4O7. The summed E-state index contributed by atoms with van der Waals surface area (Å²) in [7, 11) is 4.77. The number of carbonyl (C=O) groups is 1. The number of aliphatic hydroxyl groups is 4. The maximum absolute atomic E-state index is 12.5. The molecule has 0 bridgehead atoms. The van der Waals surface area contributed by atoms with Crippen LogP contribution in [0.2, 0.25) is 0 Å². The molecule has 0 aliphatic heterocycles. The van der Waals surface area contributed by atoms with Gasteiger partial charge in [0, 0.05) is 33.5 Å². The van der Waals surface area contributed by atoms with Gasteiger partial charge < -0.3 is 25.0 Å². The van der Waals surface area contributed by atoms with Gasteiger partial charge in [-0.05, 0) is 46.5 Å². The number of nitrogens with zero attached hydrogens (tertiary/aromatic N) is 4. The molecule has 1 aliphatic carbocycles. The first-order valence-corrected chi connectivity index (χ1v) is 13.4. The number of carbonyl (C=O) groups excluding carboxylic acids is 1. The average molecular weight is 561 g/mol. The Morgan fingerprint density at radius 2 is 1.65 bits per heavy atom. The number of fused-ring (bicyclic) bond motifs is 1. The SMILES string of the molecule is CC(C)=CCC(O)C1(O)C(O)=C(C(=O)CC(C)C)C(O)C1CC=C(C)C.Cn1c(=O)c2c(ncn2C)n(C)c1=O. The molecule has 2 aromatic rings. The van der Waals surface area contributed by atoms with E-state index in [1.807, 2.05) is 47.6 Å². The minimum Gasteiger partial charge on any atom is -0.509 e. The molecule has 11 nitrogen and oxygen atoms in total. The number of allylic oxidation sites excluding steroid dienone is 3. The van der Waals surface area contributed by atoms with Crippen molar-refractivity contribution in [1.82, 2.24) is 18.7 Å². The van der Waals surface area contributed by atoms with E-state index in [2.05, 4.69) is 4.98 Å². The van der Waals surface area contributed by atoms with Crippen LogP contribution < -0.4 is 11.2 Å². The lowest BCUT2D eigenvalue weighted by atomic mass is 9.79. The van der Waals surface area contributed by atoms with Crippen LogP contribution in [-0.4, -0.2) is 62.7 Å². The fraction of sp³-hybridized carbons (Fsp3) is 0.586. The van der Waals surface area contributed by atoms with Gasteiger partial charge >= 0.3 is 5.69 Å². The van der Waals surface area contributed by atoms with Gasteiger partial charge in [0.2, 0.25) is 0 Å². The van der Waals surface area contributed by atoms with Crippen LogP contribution in [0.25, 0.3) is 11.2 Å². The number of imidazole rings is 1. The van der Waals surface area contributed by atoms with Crippen LogP contribution in [-0.2, 0) is 25.9 Å². The number of aromatic nitrogens is 4. The van der Waals surface area contributed by atoms with Crippen LogP contribution >= 0.6 is 0 Å². The molecule has 2 aromatic heterocycles. The molecule has 0 spiro atoms. The second-order valence-corrected chi connectivity index (χ2v) is 11.4. The quantitative estimate of drug-likeness (QED) is 0.358. The van der Waals surface area contributed by atoms with Crippen molar-refractivity contribution in [2.75, 3.05) is 0 Å². The van der Waals surface area contributed by atoms with Crippen molar-refractivity contribution in [3.8, 4) is 0 Å². The highest BCUT2D eigenvalue weighted by molar-refractivity contribution is 5.98. The van der Waals surface area contributed by atoms with Crippen LogP contribution in [0.4, 0.5) is 0 Å². The summed E-state index contributed by atoms with van der Waals surface area (Å²) in [6, 6.07) is 0. The van der Waals surface area contributed by atoms with E-state index in [1.54, 1.807) is 24.7 Å². The van der Waals surface area contributed by atoms with Crippen molar-refractivity contribution in [2.24, 2.45) is 33.0 Å². The fourth-order valence-corrected chi connectivity index (χ4v) is 4.83. The number of ketones is 1. The van der Waals surface area contributed by atoms with Gasteiger partial charge in [-0.25, -0.2) is 9.78 Å². The zero-order chi connectivity index (χ0) is 30.7. The van der Waals surface area contributed by atoms with E-state index in [9.17, 15) is 34.8 Å². The van der Waals surface area contributed by atoms with Crippen molar-refractivity contribution in [1.29, 1.82) is 0 Å². The van der Waals surface area contributed by atoms with Gasteiger partial charge in [-0.15, -0.1) is 0 Å². The number of Topliss-reactive ketones (excluding diaryl/α,β-unsaturated/α-hetero) is 1. The van der Waals surface area contributed by atoms with Crippen molar-refractivity contribution >= 4 is 16.9 Å². The minimum atomic E-state index is -2.06. The summed E-state index contributed by atoms with van der Waals surface area (Å²) < 4.78 is 4.04. The van der Waals surface area contributed by atoms with E-state index in [-0.39, 0.29) is 42.0 Å². The molecule has 3 rings (SSSR count). The van der Waals surface area contributed by atoms with Crippen molar-refractivity contribution < 1.29 is 25.2 Å². The molecule has 0 radical (unpaired) electrons. The van der Waals surface area contributed by atoms with Crippen molar-refractivity contribution in [2.45, 2.75) is 78.6 Å². The predicted molar refractivity (Wildman–Crippen MR) is 154 cm³/mol. The maximum Gasteiger partial charge on any atom is 0.332 e. The van der Waals surface area contributed by atoms with E-state index in [0.29, 0.717) is 11.2 Å². The lowest BCUT2D eigenvalue weighted by Gasteiger charge is -2.35. The van der Waals surface area contributed by atoms with Gasteiger partial charge in [0.15, 0.2) is 22.5 Å². The maximum atomic E-state index is 12.5. The van der Waals surface area contributed by atoms with Gasteiger partial charge in [0.1, 0.15) is 5.76 Å². The third-order valence-corrected chi connectivity index (χ3v) is 7.12. The lowest BCUT2D eigenvalue weighted by molar-refractivity contribution is -0.118. The average Bonchev–Trinajstić information content (AvgIpc) is 3.33. The monoisotopic (exact) mass is 560 g/mol. The van der Waals surface area contributed by atoms with Crippen LogP contribution in [0.15, 0.2) is 50.5 Å². The zero-order valence-corrected chi connectivity index (χ0v) is 25.0. The van der Waals surface area contributed by atoms with Gasteiger partial charge in [-0.2, -0.15) is 0 Å². The number of aryl methyl sites for hydroxylation is 2. The molecule has 4 unspecified atom stereocenters. The Morgan fingerprint density at radius 3 is 2.17 bits per heavy atom. The van der Waals surface area contributed by atoms with E-state index < -0.39 is 35.3 Å². The van der Waals surface area contributed by atoms with Crippen LogP contribution in [0.5, 0.6) is 0 Å². The van der Waals surface area contributed by atoms with Crippen molar-refractivity contribution in [3.63, 3.8) is 0 Å². The molecule has 0 saturated carbocycles. The van der Waals surface area contributed by atoms with E-state index in [4.69, 9.17) is 0 Å². The molecule has 40 heavy (non-hydrogen) atoms. The number of hydrogen-bond donors (Lipinski definition) is 4. The number of rotatable bonds is 8. The highest BCUT2D eigenvalue weighted by atomic mass is 16.4. The molecule has 11 heteroatoms. The topological polar surface area (TPSA) is 160 Å². The molecule has 0 aromatic carbocycles. The molecule has 2 heterocycles. The molecule has 4 N–H and O–H groups in total. The predicted octanol–water partition coefficient (Wildman–Crippen LogP) is 2.18. The summed E-state index contributed by atoms with van der Waals surface area (Å²) in [6.45, 7) is 11.2. The zero-order valence-electron chi connectivity index (χ0n) is 25.0. The molecular weight excluding hydrogens is 516 g/mol. The van der Waals surface area contributed by atoms with Crippen LogP contribution in [0, 0.1) is 11.8 Å². The van der Waals surface area contributed by atoms with Crippen molar-refractivity contribution in [3.05, 3.63) is 61.8 Å². The molecule has 4 atom stereocenters. The molecule has 0 saturated heterocycles. The lowest BCUT2D eigenvalue weighted by Crippen LogP contribution is -2.50. The Bertz CT molecular complexity index is 1450. The smallest absolute Gasteiger partial charge is 0.332 e. The minimum absolute atomic E-state index is 0.0514. The second kappa shape index (κ2) is 12.9. The van der Waals surface area contributed by atoms with Gasteiger partial charge in [-0.1, -0.05) is 37.1 Å². The second-order valence-electron chi connectivity index (χ2n) is 11.4. The molecule has 0 fully saturated rings. The Hall–Kier alpha value is -3.28. The largest absolute Gasteiger partial charge is 0.509 e. The Balaban J connectivity index is 0.000000333. The summed E-state index contributed by atoms with van der Waals surface area (Å²) in [5.74, 6) is -1.81. The molecule has 1 aliphatic rings.